The summed E-state index contributed by atoms with van der Waals surface area (Å²) in [5, 5.41) is 0.188. The van der Waals surface area contributed by atoms with Crippen molar-refractivity contribution in [3.8, 4) is 0 Å². The van der Waals surface area contributed by atoms with E-state index in [-0.39, 0.29) is 20.7 Å². The van der Waals surface area contributed by atoms with E-state index in [9.17, 15) is 8.42 Å². The lowest BCUT2D eigenvalue weighted by Gasteiger charge is -2.09. The molecule has 0 radical (unpaired) electrons. The second kappa shape index (κ2) is 6.00. The third-order valence-corrected chi connectivity index (χ3v) is 4.55. The Hall–Kier alpha value is -1.64. The van der Waals surface area contributed by atoms with Crippen LogP contribution < -0.4 is 10.5 Å². The Balaban J connectivity index is 2.30. The number of thiocarbonyl (C=S) groups is 1. The van der Waals surface area contributed by atoms with Gasteiger partial charge in [-0.05, 0) is 18.2 Å². The van der Waals surface area contributed by atoms with Crippen molar-refractivity contribution in [3.05, 3.63) is 40.8 Å². The minimum absolute atomic E-state index is 0.0196. The van der Waals surface area contributed by atoms with Crippen LogP contribution in [0.25, 0.3) is 0 Å². The van der Waals surface area contributed by atoms with Crippen LogP contribution in [-0.4, -0.2) is 23.4 Å². The quantitative estimate of drug-likeness (QED) is 0.721. The zero-order valence-corrected chi connectivity index (χ0v) is 13.4. The van der Waals surface area contributed by atoms with Crippen LogP contribution in [-0.2, 0) is 16.4 Å². The molecule has 0 bridgehead atoms. The molecule has 4 N–H and O–H groups in total. The number of sulfonamides is 1. The van der Waals surface area contributed by atoms with E-state index >= 15 is 0 Å². The first-order chi connectivity index (χ1) is 9.83. The third-order valence-electron chi connectivity index (χ3n) is 2.73. The molecule has 0 atom stereocenters. The summed E-state index contributed by atoms with van der Waals surface area (Å²) in [7, 11) is -3.77. The number of anilines is 1. The number of aromatic nitrogens is 2. The van der Waals surface area contributed by atoms with Gasteiger partial charge in [0.2, 0.25) is 0 Å². The highest BCUT2D eigenvalue weighted by Gasteiger charge is 2.18. The van der Waals surface area contributed by atoms with Gasteiger partial charge in [0.25, 0.3) is 10.0 Å². The summed E-state index contributed by atoms with van der Waals surface area (Å²) in [5.41, 5.74) is 6.29. The Kier molecular flexibility index (Phi) is 4.50. The van der Waals surface area contributed by atoms with Gasteiger partial charge in [0.05, 0.1) is 16.9 Å². The maximum absolute atomic E-state index is 12.2. The van der Waals surface area contributed by atoms with Crippen molar-refractivity contribution >= 4 is 44.5 Å². The number of nitrogens with two attached hydrogens (primary N) is 1. The van der Waals surface area contributed by atoms with Gasteiger partial charge in [-0.25, -0.2) is 4.98 Å². The zero-order chi connectivity index (χ0) is 15.6. The van der Waals surface area contributed by atoms with Gasteiger partial charge in [0, 0.05) is 12.0 Å². The van der Waals surface area contributed by atoms with Crippen LogP contribution in [0.3, 0.4) is 0 Å². The van der Waals surface area contributed by atoms with E-state index in [2.05, 4.69) is 14.7 Å². The largest absolute Gasteiger partial charge is 0.389 e. The Labute approximate surface area is 132 Å². The van der Waals surface area contributed by atoms with E-state index in [1.165, 1.54) is 18.3 Å². The predicted octanol–water partition coefficient (Wildman–Crippen LogP) is 2.06. The monoisotopic (exact) mass is 344 g/mol. The lowest BCUT2D eigenvalue weighted by Crippen LogP contribution is -2.14. The molecule has 21 heavy (non-hydrogen) atoms. The van der Waals surface area contributed by atoms with Crippen molar-refractivity contribution in [2.45, 2.75) is 18.4 Å². The van der Waals surface area contributed by atoms with Gasteiger partial charge < -0.3 is 10.7 Å². The van der Waals surface area contributed by atoms with Crippen molar-refractivity contribution in [2.24, 2.45) is 5.73 Å². The third kappa shape index (κ3) is 3.52. The number of benzene rings is 1. The summed E-state index contributed by atoms with van der Waals surface area (Å²) in [6.45, 7) is 1.87. The second-order valence-corrected chi connectivity index (χ2v) is 6.71. The number of hydrogen-bond donors (Lipinski definition) is 3. The van der Waals surface area contributed by atoms with Crippen LogP contribution in [0, 0.1) is 0 Å². The first-order valence-corrected chi connectivity index (χ1v) is 8.26. The van der Waals surface area contributed by atoms with E-state index in [4.69, 9.17) is 29.6 Å². The van der Waals surface area contributed by atoms with Crippen LogP contribution in [0.4, 0.5) is 5.69 Å². The molecule has 0 aliphatic heterocycles. The molecule has 2 rings (SSSR count). The minimum Gasteiger partial charge on any atom is -0.389 e. The maximum Gasteiger partial charge on any atom is 0.279 e. The number of aryl methyl sites for hydroxylation is 1. The molecule has 112 valence electrons. The van der Waals surface area contributed by atoms with E-state index < -0.39 is 10.0 Å². The standard InChI is InChI=1S/C12H13ClN4O2S2/c1-2-10-15-6-11(16-10)21(18,19)17-9-4-3-7(12(14)20)5-8(9)13/h3-6,17H,2H2,1H3,(H2,14,20)(H,15,16). The topological polar surface area (TPSA) is 101 Å². The minimum atomic E-state index is -3.77. The SMILES string of the molecule is CCc1ncc(S(=O)(=O)Nc2ccc(C(N)=S)cc2Cl)[nH]1. The van der Waals surface area contributed by atoms with E-state index in [1.807, 2.05) is 6.92 Å². The van der Waals surface area contributed by atoms with Gasteiger partial charge in [-0.2, -0.15) is 8.42 Å². The molecular weight excluding hydrogens is 332 g/mol. The molecule has 0 saturated heterocycles. The van der Waals surface area contributed by atoms with Gasteiger partial charge in [-0.1, -0.05) is 30.7 Å². The van der Waals surface area contributed by atoms with E-state index in [1.54, 1.807) is 6.07 Å². The van der Waals surface area contributed by atoms with Crippen molar-refractivity contribution < 1.29 is 8.42 Å². The van der Waals surface area contributed by atoms with Gasteiger partial charge in [-0.3, -0.25) is 4.72 Å². The summed E-state index contributed by atoms with van der Waals surface area (Å²) < 4.78 is 26.8. The molecule has 1 heterocycles. The molecule has 9 heteroatoms. The molecule has 0 saturated carbocycles. The Morgan fingerprint density at radius 1 is 1.52 bits per heavy atom. The van der Waals surface area contributed by atoms with Crippen LogP contribution in [0.2, 0.25) is 5.02 Å². The van der Waals surface area contributed by atoms with Gasteiger partial charge in [0.15, 0.2) is 5.03 Å². The lowest BCUT2D eigenvalue weighted by atomic mass is 10.2. The van der Waals surface area contributed by atoms with Gasteiger partial charge >= 0.3 is 0 Å². The molecule has 1 aromatic carbocycles. The highest BCUT2D eigenvalue weighted by molar-refractivity contribution is 7.92. The molecule has 0 spiro atoms. The predicted molar refractivity (Wildman–Crippen MR) is 86.1 cm³/mol. The number of aromatic amines is 1. The molecule has 0 aliphatic rings. The Morgan fingerprint density at radius 3 is 2.76 bits per heavy atom. The molecular formula is C12H13ClN4O2S2. The van der Waals surface area contributed by atoms with Gasteiger partial charge in [-0.15, -0.1) is 0 Å². The first-order valence-electron chi connectivity index (χ1n) is 5.99. The molecule has 0 aliphatic carbocycles. The van der Waals surface area contributed by atoms with Crippen molar-refractivity contribution in [1.82, 2.24) is 9.97 Å². The normalized spacial score (nSPS) is 11.3. The summed E-state index contributed by atoms with van der Waals surface area (Å²) in [6, 6.07) is 4.61. The highest BCUT2D eigenvalue weighted by Crippen LogP contribution is 2.25. The first kappa shape index (κ1) is 15.7. The number of hydrogen-bond acceptors (Lipinski definition) is 4. The smallest absolute Gasteiger partial charge is 0.279 e. The van der Waals surface area contributed by atoms with Crippen LogP contribution in [0.15, 0.2) is 29.4 Å². The van der Waals surface area contributed by atoms with E-state index in [0.29, 0.717) is 17.8 Å². The molecule has 2 aromatic rings. The number of halogens is 1. The molecule has 0 unspecified atom stereocenters. The maximum atomic E-state index is 12.2. The number of rotatable bonds is 5. The fourth-order valence-electron chi connectivity index (χ4n) is 1.61. The molecule has 1 aromatic heterocycles. The highest BCUT2D eigenvalue weighted by atomic mass is 35.5. The summed E-state index contributed by atoms with van der Waals surface area (Å²) >= 11 is 10.9. The van der Waals surface area contributed by atoms with Crippen molar-refractivity contribution in [1.29, 1.82) is 0 Å². The van der Waals surface area contributed by atoms with Crippen LogP contribution >= 0.6 is 23.8 Å². The fraction of sp³-hybridized carbons (Fsp3) is 0.167. The zero-order valence-electron chi connectivity index (χ0n) is 11.1. The summed E-state index contributed by atoms with van der Waals surface area (Å²) in [4.78, 5) is 6.88. The van der Waals surface area contributed by atoms with Crippen LogP contribution in [0.1, 0.15) is 18.3 Å². The van der Waals surface area contributed by atoms with Crippen molar-refractivity contribution in [2.75, 3.05) is 4.72 Å². The number of nitrogens with one attached hydrogen (secondary N) is 2. The molecule has 0 amide bonds. The number of imidazole rings is 1. The van der Waals surface area contributed by atoms with Crippen molar-refractivity contribution in [3.63, 3.8) is 0 Å². The average molecular weight is 345 g/mol. The van der Waals surface area contributed by atoms with E-state index in [0.717, 1.165) is 0 Å². The number of H-pyrrole nitrogens is 1. The number of nitrogens with zero attached hydrogens (tertiary/aromatic N) is 1. The lowest BCUT2D eigenvalue weighted by molar-refractivity contribution is 0.598. The second-order valence-electron chi connectivity index (χ2n) is 4.21. The summed E-state index contributed by atoms with van der Waals surface area (Å²) in [5.74, 6) is 0.588. The Bertz CT molecular complexity index is 786. The molecule has 0 fully saturated rings. The average Bonchev–Trinajstić information content (AvgIpc) is 2.90. The van der Waals surface area contributed by atoms with Gasteiger partial charge in [0.1, 0.15) is 10.8 Å². The Morgan fingerprint density at radius 2 is 2.24 bits per heavy atom. The fourth-order valence-corrected chi connectivity index (χ4v) is 3.04. The van der Waals surface area contributed by atoms with Crippen LogP contribution in [0.5, 0.6) is 0 Å². The molecule has 6 nitrogen and oxygen atoms in total. The summed E-state index contributed by atoms with van der Waals surface area (Å²) in [6.07, 6.45) is 1.87.